The maximum absolute atomic E-state index is 12.1. The molecule has 7 heteroatoms. The average molecular weight is 294 g/mol. The summed E-state index contributed by atoms with van der Waals surface area (Å²) in [7, 11) is 0. The van der Waals surface area contributed by atoms with Crippen LogP contribution in [0.15, 0.2) is 18.5 Å². The molecule has 1 amide bonds. The van der Waals surface area contributed by atoms with E-state index in [9.17, 15) is 4.79 Å². The van der Waals surface area contributed by atoms with Crippen LogP contribution in [0, 0.1) is 0 Å². The van der Waals surface area contributed by atoms with Gasteiger partial charge in [0.05, 0.1) is 6.54 Å². The summed E-state index contributed by atoms with van der Waals surface area (Å²) in [4.78, 5) is 20.3. The Balaban J connectivity index is 2.15. The summed E-state index contributed by atoms with van der Waals surface area (Å²) in [6, 6.07) is 3.30. The standard InChI is InChI=1S/C13H16ClN5O/c1-13(2,3)9-4-8(5-10(14)18-9)12(20)15-6-11-16-7-17-19-11/h4-5,7H,6H2,1-3H3,(H,15,20)(H,16,17,19). The van der Waals surface area contributed by atoms with Crippen LogP contribution >= 0.6 is 11.6 Å². The summed E-state index contributed by atoms with van der Waals surface area (Å²) in [5.74, 6) is 0.366. The van der Waals surface area contributed by atoms with Crippen molar-refractivity contribution in [1.29, 1.82) is 0 Å². The first-order valence-electron chi connectivity index (χ1n) is 6.17. The van der Waals surface area contributed by atoms with E-state index < -0.39 is 0 Å². The Hall–Kier alpha value is -1.95. The number of amides is 1. The lowest BCUT2D eigenvalue weighted by Gasteiger charge is -2.18. The third kappa shape index (κ3) is 3.54. The quantitative estimate of drug-likeness (QED) is 0.849. The number of halogens is 1. The molecule has 0 bridgehead atoms. The molecule has 0 fully saturated rings. The predicted molar refractivity (Wildman–Crippen MR) is 75.5 cm³/mol. The van der Waals surface area contributed by atoms with Crippen molar-refractivity contribution in [1.82, 2.24) is 25.5 Å². The van der Waals surface area contributed by atoms with Gasteiger partial charge in [0, 0.05) is 16.7 Å². The second-order valence-electron chi connectivity index (χ2n) is 5.43. The molecule has 0 unspecified atom stereocenters. The van der Waals surface area contributed by atoms with Crippen LogP contribution in [-0.4, -0.2) is 26.1 Å². The van der Waals surface area contributed by atoms with E-state index in [2.05, 4.69) is 25.5 Å². The van der Waals surface area contributed by atoms with E-state index in [0.29, 0.717) is 16.5 Å². The molecule has 0 aliphatic rings. The number of hydrogen-bond donors (Lipinski definition) is 2. The molecule has 2 N–H and O–H groups in total. The molecule has 0 aromatic carbocycles. The molecule has 0 aliphatic carbocycles. The van der Waals surface area contributed by atoms with E-state index in [-0.39, 0.29) is 17.9 Å². The van der Waals surface area contributed by atoms with Crippen molar-refractivity contribution in [3.05, 3.63) is 40.7 Å². The topological polar surface area (TPSA) is 83.6 Å². The molecule has 20 heavy (non-hydrogen) atoms. The van der Waals surface area contributed by atoms with Gasteiger partial charge in [0.1, 0.15) is 17.3 Å². The fraction of sp³-hybridized carbons (Fsp3) is 0.385. The predicted octanol–water partition coefficient (Wildman–Crippen LogP) is 2.08. The molecule has 0 saturated carbocycles. The van der Waals surface area contributed by atoms with Crippen LogP contribution in [0.4, 0.5) is 0 Å². The molecule has 0 spiro atoms. The number of aromatic nitrogens is 4. The molecule has 0 radical (unpaired) electrons. The zero-order valence-electron chi connectivity index (χ0n) is 11.6. The van der Waals surface area contributed by atoms with Crippen LogP contribution in [0.2, 0.25) is 5.15 Å². The molecule has 2 aromatic heterocycles. The molecule has 0 saturated heterocycles. The van der Waals surface area contributed by atoms with Gasteiger partial charge in [0.2, 0.25) is 0 Å². The smallest absolute Gasteiger partial charge is 0.251 e. The number of carbonyl (C=O) groups excluding carboxylic acids is 1. The van der Waals surface area contributed by atoms with E-state index in [1.165, 1.54) is 6.33 Å². The highest BCUT2D eigenvalue weighted by molar-refractivity contribution is 6.29. The summed E-state index contributed by atoms with van der Waals surface area (Å²) in [6.07, 6.45) is 1.39. The van der Waals surface area contributed by atoms with Crippen molar-refractivity contribution in [2.45, 2.75) is 32.7 Å². The van der Waals surface area contributed by atoms with Gasteiger partial charge in [0.15, 0.2) is 0 Å². The van der Waals surface area contributed by atoms with Gasteiger partial charge in [-0.15, -0.1) is 0 Å². The van der Waals surface area contributed by atoms with Gasteiger partial charge in [0.25, 0.3) is 5.91 Å². The minimum atomic E-state index is -0.226. The van der Waals surface area contributed by atoms with Crippen LogP contribution in [0.3, 0.4) is 0 Å². The Kier molecular flexibility index (Phi) is 4.04. The summed E-state index contributed by atoms with van der Waals surface area (Å²) < 4.78 is 0. The molecule has 6 nitrogen and oxygen atoms in total. The number of carbonyl (C=O) groups is 1. The number of H-pyrrole nitrogens is 1. The van der Waals surface area contributed by atoms with Gasteiger partial charge >= 0.3 is 0 Å². The lowest BCUT2D eigenvalue weighted by molar-refractivity contribution is 0.0949. The molecule has 2 rings (SSSR count). The van der Waals surface area contributed by atoms with Crippen LogP contribution in [0.25, 0.3) is 0 Å². The van der Waals surface area contributed by atoms with Crippen molar-refractivity contribution < 1.29 is 4.79 Å². The van der Waals surface area contributed by atoms with Crippen LogP contribution in [-0.2, 0) is 12.0 Å². The Morgan fingerprint density at radius 1 is 1.40 bits per heavy atom. The first-order chi connectivity index (χ1) is 9.36. The Morgan fingerprint density at radius 2 is 2.15 bits per heavy atom. The number of rotatable bonds is 3. The maximum atomic E-state index is 12.1. The van der Waals surface area contributed by atoms with Crippen LogP contribution in [0.5, 0.6) is 0 Å². The number of aromatic amines is 1. The highest BCUT2D eigenvalue weighted by atomic mass is 35.5. The van der Waals surface area contributed by atoms with Crippen molar-refractivity contribution in [3.63, 3.8) is 0 Å². The van der Waals surface area contributed by atoms with Gasteiger partial charge in [-0.3, -0.25) is 9.89 Å². The van der Waals surface area contributed by atoms with Crippen molar-refractivity contribution >= 4 is 17.5 Å². The maximum Gasteiger partial charge on any atom is 0.251 e. The first-order valence-corrected chi connectivity index (χ1v) is 6.54. The number of nitrogens with one attached hydrogen (secondary N) is 2. The summed E-state index contributed by atoms with van der Waals surface area (Å²) in [5, 5.41) is 9.45. The van der Waals surface area contributed by atoms with Crippen molar-refractivity contribution in [2.75, 3.05) is 0 Å². The minimum Gasteiger partial charge on any atom is -0.345 e. The normalized spacial score (nSPS) is 11.4. The third-order valence-electron chi connectivity index (χ3n) is 2.71. The highest BCUT2D eigenvalue weighted by Gasteiger charge is 2.19. The summed E-state index contributed by atoms with van der Waals surface area (Å²) >= 11 is 5.98. The minimum absolute atomic E-state index is 0.176. The molecule has 2 heterocycles. The molecule has 2 aromatic rings. The van der Waals surface area contributed by atoms with Gasteiger partial charge in [-0.25, -0.2) is 9.97 Å². The lowest BCUT2D eigenvalue weighted by atomic mass is 9.91. The zero-order chi connectivity index (χ0) is 14.8. The van der Waals surface area contributed by atoms with Gasteiger partial charge in [-0.2, -0.15) is 5.10 Å². The largest absolute Gasteiger partial charge is 0.345 e. The van der Waals surface area contributed by atoms with Crippen LogP contribution < -0.4 is 5.32 Å². The highest BCUT2D eigenvalue weighted by Crippen LogP contribution is 2.23. The second kappa shape index (κ2) is 5.58. The number of nitrogens with zero attached hydrogens (tertiary/aromatic N) is 3. The SMILES string of the molecule is CC(C)(C)c1cc(C(=O)NCc2ncn[nH]2)cc(Cl)n1. The van der Waals surface area contributed by atoms with E-state index in [0.717, 1.165) is 5.69 Å². The number of hydrogen-bond acceptors (Lipinski definition) is 4. The van der Waals surface area contributed by atoms with E-state index >= 15 is 0 Å². The zero-order valence-corrected chi connectivity index (χ0v) is 12.3. The molecule has 0 atom stereocenters. The Labute approximate surface area is 122 Å². The van der Waals surface area contributed by atoms with E-state index in [4.69, 9.17) is 11.6 Å². The van der Waals surface area contributed by atoms with E-state index in [1.54, 1.807) is 12.1 Å². The second-order valence-corrected chi connectivity index (χ2v) is 5.82. The molecular formula is C13H16ClN5O. The van der Waals surface area contributed by atoms with Gasteiger partial charge < -0.3 is 5.32 Å². The molecular weight excluding hydrogens is 278 g/mol. The van der Waals surface area contributed by atoms with Crippen LogP contribution in [0.1, 0.15) is 42.6 Å². The Morgan fingerprint density at radius 3 is 2.75 bits per heavy atom. The summed E-state index contributed by atoms with van der Waals surface area (Å²) in [6.45, 7) is 6.33. The average Bonchev–Trinajstić information content (AvgIpc) is 2.87. The third-order valence-corrected chi connectivity index (χ3v) is 2.90. The fourth-order valence-corrected chi connectivity index (χ4v) is 1.80. The molecule has 0 aliphatic heterocycles. The van der Waals surface area contributed by atoms with Crippen molar-refractivity contribution in [2.24, 2.45) is 0 Å². The monoisotopic (exact) mass is 293 g/mol. The van der Waals surface area contributed by atoms with Gasteiger partial charge in [-0.1, -0.05) is 32.4 Å². The molecule has 106 valence electrons. The first kappa shape index (κ1) is 14.5. The van der Waals surface area contributed by atoms with Crippen molar-refractivity contribution in [3.8, 4) is 0 Å². The Bertz CT molecular complexity index is 604. The summed E-state index contributed by atoms with van der Waals surface area (Å²) in [5.41, 5.74) is 1.08. The number of pyridine rings is 1. The van der Waals surface area contributed by atoms with Gasteiger partial charge in [-0.05, 0) is 12.1 Å². The van der Waals surface area contributed by atoms with E-state index in [1.807, 2.05) is 20.8 Å². The fourth-order valence-electron chi connectivity index (χ4n) is 1.59. The lowest BCUT2D eigenvalue weighted by Crippen LogP contribution is -2.24.